The fourth-order valence-corrected chi connectivity index (χ4v) is 1.92. The highest BCUT2D eigenvalue weighted by Crippen LogP contribution is 2.30. The van der Waals surface area contributed by atoms with Crippen molar-refractivity contribution in [1.82, 2.24) is 0 Å². The highest BCUT2D eigenvalue weighted by Gasteiger charge is 2.21. The minimum atomic E-state index is 0.0856. The summed E-state index contributed by atoms with van der Waals surface area (Å²) in [6, 6.07) is 3.48. The van der Waals surface area contributed by atoms with Crippen LogP contribution in [0, 0.1) is 6.92 Å². The first kappa shape index (κ1) is 8.30. The van der Waals surface area contributed by atoms with Crippen LogP contribution < -0.4 is 0 Å². The largest absolute Gasteiger partial charge is 0.507 e. The molecule has 0 bridgehead atoms. The second-order valence-electron chi connectivity index (χ2n) is 3.53. The maximum Gasteiger partial charge on any atom is 0.166 e. The first-order valence-electron chi connectivity index (χ1n) is 4.55. The molecule has 0 unspecified atom stereocenters. The smallest absolute Gasteiger partial charge is 0.166 e. The SMILES string of the molecule is Cc1ccc(O)c2c1CCCC2=O. The number of aromatic hydroxyl groups is 1. The molecule has 0 spiro atoms. The fourth-order valence-electron chi connectivity index (χ4n) is 1.92. The topological polar surface area (TPSA) is 37.3 Å². The third-order valence-corrected chi connectivity index (χ3v) is 2.63. The van der Waals surface area contributed by atoms with Gasteiger partial charge in [0.25, 0.3) is 0 Å². The Labute approximate surface area is 77.2 Å². The molecule has 0 amide bonds. The van der Waals surface area contributed by atoms with E-state index in [0.717, 1.165) is 24.0 Å². The van der Waals surface area contributed by atoms with Gasteiger partial charge in [0.2, 0.25) is 0 Å². The van der Waals surface area contributed by atoms with E-state index < -0.39 is 0 Å². The van der Waals surface area contributed by atoms with Crippen LogP contribution in [-0.4, -0.2) is 10.9 Å². The van der Waals surface area contributed by atoms with E-state index in [0.29, 0.717) is 12.0 Å². The third kappa shape index (κ3) is 1.22. The van der Waals surface area contributed by atoms with E-state index in [2.05, 4.69) is 0 Å². The maximum atomic E-state index is 11.5. The summed E-state index contributed by atoms with van der Waals surface area (Å²) >= 11 is 0. The molecule has 1 aromatic rings. The molecule has 1 aliphatic rings. The Balaban J connectivity index is 2.67. The molecular weight excluding hydrogens is 164 g/mol. The van der Waals surface area contributed by atoms with E-state index in [4.69, 9.17) is 0 Å². The molecule has 2 heteroatoms. The van der Waals surface area contributed by atoms with E-state index in [-0.39, 0.29) is 11.5 Å². The number of ketones is 1. The zero-order chi connectivity index (χ0) is 9.42. The number of fused-ring (bicyclic) bond motifs is 1. The number of carbonyl (C=O) groups excluding carboxylic acids is 1. The van der Waals surface area contributed by atoms with Gasteiger partial charge in [-0.15, -0.1) is 0 Å². The normalized spacial score (nSPS) is 15.6. The monoisotopic (exact) mass is 176 g/mol. The lowest BCUT2D eigenvalue weighted by molar-refractivity contribution is 0.0969. The minimum Gasteiger partial charge on any atom is -0.507 e. The molecule has 0 saturated heterocycles. The van der Waals surface area contributed by atoms with Gasteiger partial charge in [0.15, 0.2) is 5.78 Å². The van der Waals surface area contributed by atoms with Crippen LogP contribution >= 0.6 is 0 Å². The van der Waals surface area contributed by atoms with Crippen molar-refractivity contribution in [3.8, 4) is 5.75 Å². The van der Waals surface area contributed by atoms with Crippen LogP contribution in [0.2, 0.25) is 0 Å². The number of carbonyl (C=O) groups is 1. The van der Waals surface area contributed by atoms with Crippen LogP contribution in [-0.2, 0) is 6.42 Å². The van der Waals surface area contributed by atoms with E-state index in [1.54, 1.807) is 6.07 Å². The molecule has 0 aromatic heterocycles. The average molecular weight is 176 g/mol. The van der Waals surface area contributed by atoms with Crippen LogP contribution in [0.4, 0.5) is 0 Å². The number of aryl methyl sites for hydroxylation is 1. The average Bonchev–Trinajstić information content (AvgIpc) is 2.12. The number of rotatable bonds is 0. The van der Waals surface area contributed by atoms with Gasteiger partial charge in [0.05, 0.1) is 5.56 Å². The Morgan fingerprint density at radius 2 is 2.08 bits per heavy atom. The molecule has 13 heavy (non-hydrogen) atoms. The number of phenols is 1. The van der Waals surface area contributed by atoms with Crippen molar-refractivity contribution in [1.29, 1.82) is 0 Å². The van der Waals surface area contributed by atoms with E-state index >= 15 is 0 Å². The standard InChI is InChI=1S/C11H12O2/c1-7-5-6-10(13)11-8(7)3-2-4-9(11)12/h5-6,13H,2-4H2,1H3. The van der Waals surface area contributed by atoms with Crippen molar-refractivity contribution in [3.63, 3.8) is 0 Å². The third-order valence-electron chi connectivity index (χ3n) is 2.63. The van der Waals surface area contributed by atoms with Gasteiger partial charge in [-0.1, -0.05) is 6.07 Å². The summed E-state index contributed by atoms with van der Waals surface area (Å²) in [5.41, 5.74) is 2.71. The molecule has 0 aliphatic heterocycles. The lowest BCUT2D eigenvalue weighted by Gasteiger charge is -2.17. The molecule has 68 valence electrons. The molecule has 1 N–H and O–H groups in total. The van der Waals surface area contributed by atoms with Gasteiger partial charge in [-0.3, -0.25) is 4.79 Å². The molecule has 0 fully saturated rings. The summed E-state index contributed by atoms with van der Waals surface area (Å²) in [5, 5.41) is 9.53. The van der Waals surface area contributed by atoms with Crippen molar-refractivity contribution >= 4 is 5.78 Å². The van der Waals surface area contributed by atoms with Gasteiger partial charge < -0.3 is 5.11 Å². The Morgan fingerprint density at radius 3 is 2.77 bits per heavy atom. The summed E-state index contributed by atoms with van der Waals surface area (Å²) < 4.78 is 0. The molecule has 2 nitrogen and oxygen atoms in total. The Hall–Kier alpha value is -1.31. The van der Waals surface area contributed by atoms with Crippen LogP contribution in [0.1, 0.15) is 34.3 Å². The van der Waals surface area contributed by atoms with Gasteiger partial charge in [-0.25, -0.2) is 0 Å². The van der Waals surface area contributed by atoms with Crippen LogP contribution in [0.25, 0.3) is 0 Å². The van der Waals surface area contributed by atoms with Crippen molar-refractivity contribution in [2.24, 2.45) is 0 Å². The fraction of sp³-hybridized carbons (Fsp3) is 0.364. The minimum absolute atomic E-state index is 0.0856. The molecule has 2 rings (SSSR count). The summed E-state index contributed by atoms with van der Waals surface area (Å²) in [7, 11) is 0. The number of benzene rings is 1. The van der Waals surface area contributed by atoms with Crippen LogP contribution in [0.5, 0.6) is 5.75 Å². The predicted octanol–water partition coefficient (Wildman–Crippen LogP) is 2.22. The molecule has 1 aromatic carbocycles. The molecule has 0 saturated carbocycles. The first-order valence-corrected chi connectivity index (χ1v) is 4.55. The van der Waals surface area contributed by atoms with Crippen molar-refractivity contribution in [2.75, 3.05) is 0 Å². The zero-order valence-corrected chi connectivity index (χ0v) is 7.63. The van der Waals surface area contributed by atoms with Gasteiger partial charge in [-0.05, 0) is 37.0 Å². The molecule has 0 heterocycles. The lowest BCUT2D eigenvalue weighted by Crippen LogP contribution is -2.12. The second-order valence-corrected chi connectivity index (χ2v) is 3.53. The number of hydrogen-bond donors (Lipinski definition) is 1. The number of hydrogen-bond acceptors (Lipinski definition) is 2. The highest BCUT2D eigenvalue weighted by atomic mass is 16.3. The van der Waals surface area contributed by atoms with Crippen molar-refractivity contribution < 1.29 is 9.90 Å². The second kappa shape index (κ2) is 2.87. The van der Waals surface area contributed by atoms with Crippen LogP contribution in [0.3, 0.4) is 0 Å². The summed E-state index contributed by atoms with van der Waals surface area (Å²) in [6.45, 7) is 1.98. The van der Waals surface area contributed by atoms with E-state index in [1.165, 1.54) is 0 Å². The zero-order valence-electron chi connectivity index (χ0n) is 7.63. The number of Topliss-reactive ketones (excluding diaryl/α,β-unsaturated/α-hetero) is 1. The summed E-state index contributed by atoms with van der Waals surface area (Å²) in [5.74, 6) is 0.229. The highest BCUT2D eigenvalue weighted by molar-refractivity contribution is 6.01. The first-order chi connectivity index (χ1) is 6.20. The maximum absolute atomic E-state index is 11.5. The van der Waals surface area contributed by atoms with E-state index in [9.17, 15) is 9.90 Å². The lowest BCUT2D eigenvalue weighted by atomic mass is 9.87. The van der Waals surface area contributed by atoms with E-state index in [1.807, 2.05) is 13.0 Å². The Morgan fingerprint density at radius 1 is 1.31 bits per heavy atom. The Bertz CT molecular complexity index is 367. The van der Waals surface area contributed by atoms with Gasteiger partial charge >= 0.3 is 0 Å². The number of phenolic OH excluding ortho intramolecular Hbond substituents is 1. The molecular formula is C11H12O2. The summed E-state index contributed by atoms with van der Waals surface area (Å²) in [4.78, 5) is 11.5. The van der Waals surface area contributed by atoms with Gasteiger partial charge in [0.1, 0.15) is 5.75 Å². The van der Waals surface area contributed by atoms with Gasteiger partial charge in [-0.2, -0.15) is 0 Å². The Kier molecular flexibility index (Phi) is 1.83. The van der Waals surface area contributed by atoms with Crippen molar-refractivity contribution in [2.45, 2.75) is 26.2 Å². The molecule has 0 radical (unpaired) electrons. The predicted molar refractivity (Wildman–Crippen MR) is 50.1 cm³/mol. The molecule has 1 aliphatic carbocycles. The van der Waals surface area contributed by atoms with Crippen LogP contribution in [0.15, 0.2) is 12.1 Å². The molecule has 0 atom stereocenters. The van der Waals surface area contributed by atoms with Crippen molar-refractivity contribution in [3.05, 3.63) is 28.8 Å². The van der Waals surface area contributed by atoms with Gasteiger partial charge in [0, 0.05) is 6.42 Å². The quantitative estimate of drug-likeness (QED) is 0.658. The summed E-state index contributed by atoms with van der Waals surface area (Å²) in [6.07, 6.45) is 2.40.